The average Bonchev–Trinajstić information content (AvgIpc) is 2.46. The third-order valence-corrected chi connectivity index (χ3v) is 4.08. The molecule has 0 saturated carbocycles. The van der Waals surface area contributed by atoms with Gasteiger partial charge in [-0.25, -0.2) is 4.21 Å². The van der Waals surface area contributed by atoms with Gasteiger partial charge in [0.05, 0.1) is 15.7 Å². The fourth-order valence-corrected chi connectivity index (χ4v) is 2.59. The summed E-state index contributed by atoms with van der Waals surface area (Å²) >= 11 is 0. The molecule has 0 saturated heterocycles. The normalized spacial score (nSPS) is 11.8. The zero-order valence-electron chi connectivity index (χ0n) is 10.6. The third-order valence-electron chi connectivity index (χ3n) is 2.75. The SMILES string of the molecule is C=C(C(=O)c1ccccc1)S(=O)c1ccc(C)cc1. The molecule has 2 nitrogen and oxygen atoms in total. The molecule has 2 aromatic rings. The van der Waals surface area contributed by atoms with Crippen LogP contribution < -0.4 is 0 Å². The smallest absolute Gasteiger partial charge is 0.201 e. The molecule has 96 valence electrons. The maximum atomic E-state index is 12.3. The maximum absolute atomic E-state index is 12.3. The first-order chi connectivity index (χ1) is 9.09. The number of Topliss-reactive ketones (excluding diaryl/α,β-unsaturated/α-hetero) is 1. The molecule has 1 atom stereocenters. The van der Waals surface area contributed by atoms with E-state index in [4.69, 9.17) is 0 Å². The highest BCUT2D eigenvalue weighted by Crippen LogP contribution is 2.17. The first kappa shape index (κ1) is 13.4. The van der Waals surface area contributed by atoms with Crippen molar-refractivity contribution in [3.05, 3.63) is 77.2 Å². The predicted octanol–water partition coefficient (Wildman–Crippen LogP) is 3.50. The van der Waals surface area contributed by atoms with Gasteiger partial charge in [-0.05, 0) is 19.1 Å². The lowest BCUT2D eigenvalue weighted by Crippen LogP contribution is -2.07. The van der Waals surface area contributed by atoms with Gasteiger partial charge in [-0.1, -0.05) is 54.6 Å². The van der Waals surface area contributed by atoms with Gasteiger partial charge in [0.15, 0.2) is 0 Å². The number of hydrogen-bond donors (Lipinski definition) is 0. The molecule has 2 aromatic carbocycles. The maximum Gasteiger partial charge on any atom is 0.201 e. The van der Waals surface area contributed by atoms with Crippen LogP contribution in [-0.4, -0.2) is 9.99 Å². The van der Waals surface area contributed by atoms with Crippen LogP contribution in [0.3, 0.4) is 0 Å². The summed E-state index contributed by atoms with van der Waals surface area (Å²) in [7, 11) is -1.51. The molecule has 0 spiro atoms. The highest BCUT2D eigenvalue weighted by molar-refractivity contribution is 7.90. The Morgan fingerprint density at radius 1 is 1.00 bits per heavy atom. The van der Waals surface area contributed by atoms with E-state index >= 15 is 0 Å². The molecule has 1 unspecified atom stereocenters. The molecular weight excluding hydrogens is 256 g/mol. The Kier molecular flexibility index (Phi) is 4.07. The van der Waals surface area contributed by atoms with Crippen molar-refractivity contribution in [1.82, 2.24) is 0 Å². The lowest BCUT2D eigenvalue weighted by atomic mass is 10.1. The van der Waals surface area contributed by atoms with Crippen molar-refractivity contribution in [1.29, 1.82) is 0 Å². The quantitative estimate of drug-likeness (QED) is 0.629. The summed E-state index contributed by atoms with van der Waals surface area (Å²) in [6.45, 7) is 5.64. The van der Waals surface area contributed by atoms with Crippen molar-refractivity contribution in [2.45, 2.75) is 11.8 Å². The van der Waals surface area contributed by atoms with Crippen molar-refractivity contribution in [3.63, 3.8) is 0 Å². The number of benzene rings is 2. The van der Waals surface area contributed by atoms with Crippen LogP contribution >= 0.6 is 0 Å². The second kappa shape index (κ2) is 5.76. The second-order valence-electron chi connectivity index (χ2n) is 4.20. The fraction of sp³-hybridized carbons (Fsp3) is 0.0625. The molecule has 0 aromatic heterocycles. The van der Waals surface area contributed by atoms with E-state index in [-0.39, 0.29) is 10.7 Å². The first-order valence-electron chi connectivity index (χ1n) is 5.86. The lowest BCUT2D eigenvalue weighted by molar-refractivity contribution is 0.104. The van der Waals surface area contributed by atoms with Crippen LogP contribution in [0.15, 0.2) is 71.0 Å². The van der Waals surface area contributed by atoms with Gasteiger partial charge in [0.25, 0.3) is 0 Å². The van der Waals surface area contributed by atoms with Gasteiger partial charge in [0.2, 0.25) is 5.78 Å². The Hall–Kier alpha value is -2.00. The topological polar surface area (TPSA) is 34.1 Å². The standard InChI is InChI=1S/C16H14O2S/c1-12-8-10-15(11-9-12)19(18)13(2)16(17)14-6-4-3-5-7-14/h3-11H,2H2,1H3. The van der Waals surface area contributed by atoms with Crippen molar-refractivity contribution in [2.24, 2.45) is 0 Å². The summed E-state index contributed by atoms with van der Waals surface area (Å²) in [5, 5.41) is 0. The van der Waals surface area contributed by atoms with Crippen molar-refractivity contribution in [2.75, 3.05) is 0 Å². The van der Waals surface area contributed by atoms with E-state index in [9.17, 15) is 9.00 Å². The number of carbonyl (C=O) groups excluding carboxylic acids is 1. The van der Waals surface area contributed by atoms with Crippen molar-refractivity contribution < 1.29 is 9.00 Å². The zero-order valence-corrected chi connectivity index (χ0v) is 11.4. The zero-order chi connectivity index (χ0) is 13.8. The van der Waals surface area contributed by atoms with Crippen LogP contribution in [-0.2, 0) is 10.8 Å². The Morgan fingerprint density at radius 3 is 2.16 bits per heavy atom. The minimum atomic E-state index is -1.51. The van der Waals surface area contributed by atoms with Gasteiger partial charge in [-0.2, -0.15) is 0 Å². The summed E-state index contributed by atoms with van der Waals surface area (Å²) in [5.74, 6) is -0.278. The molecular formula is C16H14O2S. The van der Waals surface area contributed by atoms with Crippen LogP contribution in [0.4, 0.5) is 0 Å². The molecule has 0 heterocycles. The number of rotatable bonds is 4. The van der Waals surface area contributed by atoms with E-state index in [1.54, 1.807) is 36.4 Å². The van der Waals surface area contributed by atoms with Crippen LogP contribution in [0, 0.1) is 6.92 Å². The minimum Gasteiger partial charge on any atom is -0.288 e. The Morgan fingerprint density at radius 2 is 1.58 bits per heavy atom. The monoisotopic (exact) mass is 270 g/mol. The number of aryl methyl sites for hydroxylation is 1. The van der Waals surface area contributed by atoms with Gasteiger partial charge >= 0.3 is 0 Å². The molecule has 0 radical (unpaired) electrons. The molecule has 0 aliphatic rings. The van der Waals surface area contributed by atoms with Gasteiger partial charge in [0.1, 0.15) is 0 Å². The number of hydrogen-bond acceptors (Lipinski definition) is 2. The molecule has 0 amide bonds. The summed E-state index contributed by atoms with van der Waals surface area (Å²) in [6.07, 6.45) is 0. The van der Waals surface area contributed by atoms with E-state index in [0.717, 1.165) is 5.56 Å². The highest BCUT2D eigenvalue weighted by Gasteiger charge is 2.17. The van der Waals surface area contributed by atoms with E-state index in [2.05, 4.69) is 6.58 Å². The van der Waals surface area contributed by atoms with Gasteiger partial charge in [-0.3, -0.25) is 4.79 Å². The lowest BCUT2D eigenvalue weighted by Gasteiger charge is -2.05. The van der Waals surface area contributed by atoms with Crippen LogP contribution in [0.5, 0.6) is 0 Å². The largest absolute Gasteiger partial charge is 0.288 e. The molecule has 3 heteroatoms. The van der Waals surface area contributed by atoms with Gasteiger partial charge < -0.3 is 0 Å². The Balaban J connectivity index is 2.23. The van der Waals surface area contributed by atoms with E-state index in [1.807, 2.05) is 25.1 Å². The predicted molar refractivity (Wildman–Crippen MR) is 77.5 cm³/mol. The fourth-order valence-electron chi connectivity index (χ4n) is 1.64. The number of ketones is 1. The van der Waals surface area contributed by atoms with Crippen molar-refractivity contribution >= 4 is 16.6 Å². The first-order valence-corrected chi connectivity index (χ1v) is 7.01. The van der Waals surface area contributed by atoms with Crippen LogP contribution in [0.2, 0.25) is 0 Å². The van der Waals surface area contributed by atoms with E-state index in [1.165, 1.54) is 0 Å². The minimum absolute atomic E-state index is 0.107. The van der Waals surface area contributed by atoms with Gasteiger partial charge in [0, 0.05) is 10.5 Å². The van der Waals surface area contributed by atoms with Crippen LogP contribution in [0.25, 0.3) is 0 Å². The molecule has 19 heavy (non-hydrogen) atoms. The van der Waals surface area contributed by atoms with E-state index in [0.29, 0.717) is 10.5 Å². The third kappa shape index (κ3) is 3.06. The molecule has 2 rings (SSSR count). The summed E-state index contributed by atoms with van der Waals surface area (Å²) in [4.78, 5) is 12.8. The highest BCUT2D eigenvalue weighted by atomic mass is 32.2. The molecule has 0 aliphatic heterocycles. The van der Waals surface area contributed by atoms with Gasteiger partial charge in [-0.15, -0.1) is 0 Å². The summed E-state index contributed by atoms with van der Waals surface area (Å²) in [5.41, 5.74) is 1.59. The van der Waals surface area contributed by atoms with E-state index < -0.39 is 10.8 Å². The Labute approximate surface area is 115 Å². The molecule has 0 N–H and O–H groups in total. The molecule has 0 fully saturated rings. The average molecular weight is 270 g/mol. The number of carbonyl (C=O) groups is 1. The Bertz CT molecular complexity index is 628. The van der Waals surface area contributed by atoms with Crippen molar-refractivity contribution in [3.8, 4) is 0 Å². The molecule has 0 aliphatic carbocycles. The molecule has 0 bridgehead atoms. The number of allylic oxidation sites excluding steroid dienone is 1. The summed E-state index contributed by atoms with van der Waals surface area (Å²) in [6, 6.07) is 16.0. The summed E-state index contributed by atoms with van der Waals surface area (Å²) < 4.78 is 12.3. The van der Waals surface area contributed by atoms with Crippen LogP contribution in [0.1, 0.15) is 15.9 Å². The second-order valence-corrected chi connectivity index (χ2v) is 5.70.